The molecule has 0 spiro atoms. The number of nitrogens with zero attached hydrogens (tertiary/aromatic N) is 3. The Hall–Kier alpha value is -2.61. The Kier molecular flexibility index (Phi) is 3.91. The Balaban J connectivity index is 2.22. The SMILES string of the molecule is C=CCn1c(=NC(=O)c2cc(C)on2)sc2cc(F)cc(F)c21. The topological polar surface area (TPSA) is 60.4 Å². The van der Waals surface area contributed by atoms with Crippen LogP contribution >= 0.6 is 11.3 Å². The maximum atomic E-state index is 14.1. The van der Waals surface area contributed by atoms with Gasteiger partial charge in [0.15, 0.2) is 16.3 Å². The molecule has 5 nitrogen and oxygen atoms in total. The van der Waals surface area contributed by atoms with Gasteiger partial charge >= 0.3 is 5.91 Å². The first-order valence-electron chi connectivity index (χ1n) is 6.61. The lowest BCUT2D eigenvalue weighted by Gasteiger charge is -2.01. The van der Waals surface area contributed by atoms with Crippen molar-refractivity contribution in [2.45, 2.75) is 13.5 Å². The average molecular weight is 335 g/mol. The van der Waals surface area contributed by atoms with E-state index in [1.165, 1.54) is 16.7 Å². The molecule has 0 saturated carbocycles. The number of carbonyl (C=O) groups is 1. The van der Waals surface area contributed by atoms with Crippen molar-refractivity contribution >= 4 is 27.5 Å². The van der Waals surface area contributed by atoms with E-state index in [2.05, 4.69) is 16.7 Å². The molecule has 0 aliphatic carbocycles. The second kappa shape index (κ2) is 5.88. The number of amides is 1. The molecule has 0 saturated heterocycles. The Morgan fingerprint density at radius 3 is 2.91 bits per heavy atom. The van der Waals surface area contributed by atoms with E-state index >= 15 is 0 Å². The average Bonchev–Trinajstić information content (AvgIpc) is 3.04. The molecular weight excluding hydrogens is 324 g/mol. The van der Waals surface area contributed by atoms with Gasteiger partial charge in [-0.1, -0.05) is 22.6 Å². The van der Waals surface area contributed by atoms with Crippen LogP contribution in [0.1, 0.15) is 16.2 Å². The highest BCUT2D eigenvalue weighted by molar-refractivity contribution is 7.16. The molecule has 2 heterocycles. The van der Waals surface area contributed by atoms with Gasteiger partial charge in [-0.25, -0.2) is 8.78 Å². The zero-order valence-corrected chi connectivity index (χ0v) is 12.9. The summed E-state index contributed by atoms with van der Waals surface area (Å²) in [5.74, 6) is -1.55. The summed E-state index contributed by atoms with van der Waals surface area (Å²) in [6, 6.07) is 3.45. The van der Waals surface area contributed by atoms with Gasteiger partial charge in [0, 0.05) is 18.7 Å². The lowest BCUT2D eigenvalue weighted by atomic mass is 10.3. The summed E-state index contributed by atoms with van der Waals surface area (Å²) in [5.41, 5.74) is 0.232. The van der Waals surface area contributed by atoms with E-state index in [0.717, 1.165) is 17.4 Å². The van der Waals surface area contributed by atoms with Crippen molar-refractivity contribution < 1.29 is 18.1 Å². The maximum absolute atomic E-state index is 14.1. The molecule has 2 aromatic heterocycles. The van der Waals surface area contributed by atoms with Crippen LogP contribution in [0.25, 0.3) is 10.2 Å². The molecule has 0 radical (unpaired) electrons. The summed E-state index contributed by atoms with van der Waals surface area (Å²) < 4.78 is 34.1. The minimum Gasteiger partial charge on any atom is -0.361 e. The van der Waals surface area contributed by atoms with E-state index in [1.807, 2.05) is 0 Å². The largest absolute Gasteiger partial charge is 0.361 e. The zero-order valence-electron chi connectivity index (χ0n) is 12.0. The summed E-state index contributed by atoms with van der Waals surface area (Å²) in [6.07, 6.45) is 1.54. The molecule has 3 aromatic rings. The molecule has 118 valence electrons. The van der Waals surface area contributed by atoms with Crippen LogP contribution in [-0.2, 0) is 6.54 Å². The number of allylic oxidation sites excluding steroid dienone is 1. The van der Waals surface area contributed by atoms with Gasteiger partial charge in [0.2, 0.25) is 0 Å². The predicted octanol–water partition coefficient (Wildman–Crippen LogP) is 3.20. The van der Waals surface area contributed by atoms with Crippen molar-refractivity contribution in [2.24, 2.45) is 4.99 Å². The Morgan fingerprint density at radius 2 is 2.26 bits per heavy atom. The van der Waals surface area contributed by atoms with Crippen LogP contribution in [0, 0.1) is 18.6 Å². The summed E-state index contributed by atoms with van der Waals surface area (Å²) in [5, 5.41) is 3.60. The highest BCUT2D eigenvalue weighted by Gasteiger charge is 2.15. The van der Waals surface area contributed by atoms with Gasteiger partial charge < -0.3 is 9.09 Å². The molecule has 0 atom stereocenters. The van der Waals surface area contributed by atoms with Gasteiger partial charge in [0.1, 0.15) is 11.6 Å². The van der Waals surface area contributed by atoms with E-state index in [1.54, 1.807) is 13.0 Å². The van der Waals surface area contributed by atoms with Gasteiger partial charge in [-0.2, -0.15) is 4.99 Å². The fourth-order valence-electron chi connectivity index (χ4n) is 2.12. The molecule has 1 amide bonds. The second-order valence-corrected chi connectivity index (χ2v) is 5.77. The first-order chi connectivity index (χ1) is 11.0. The van der Waals surface area contributed by atoms with Crippen LogP contribution in [0.5, 0.6) is 0 Å². The van der Waals surface area contributed by atoms with Crippen molar-refractivity contribution in [3.05, 3.63) is 58.7 Å². The van der Waals surface area contributed by atoms with Crippen molar-refractivity contribution in [3.8, 4) is 0 Å². The molecule has 1 aromatic carbocycles. The van der Waals surface area contributed by atoms with E-state index < -0.39 is 17.5 Å². The first kappa shape index (κ1) is 15.3. The number of carbonyl (C=O) groups excluding carboxylic acids is 1. The molecule has 0 unspecified atom stereocenters. The number of halogens is 2. The van der Waals surface area contributed by atoms with Crippen molar-refractivity contribution in [1.82, 2.24) is 9.72 Å². The lowest BCUT2D eigenvalue weighted by molar-refractivity contribution is 0.0989. The van der Waals surface area contributed by atoms with Gasteiger partial charge in [0.05, 0.1) is 10.2 Å². The first-order valence-corrected chi connectivity index (χ1v) is 7.43. The molecule has 0 aliphatic heterocycles. The molecule has 0 N–H and O–H groups in total. The van der Waals surface area contributed by atoms with Crippen LogP contribution in [0.4, 0.5) is 8.78 Å². The normalized spacial score (nSPS) is 12.0. The predicted molar refractivity (Wildman–Crippen MR) is 81.1 cm³/mol. The lowest BCUT2D eigenvalue weighted by Crippen LogP contribution is -2.17. The third-order valence-electron chi connectivity index (χ3n) is 3.05. The monoisotopic (exact) mass is 335 g/mol. The van der Waals surface area contributed by atoms with Crippen LogP contribution in [0.3, 0.4) is 0 Å². The van der Waals surface area contributed by atoms with Gasteiger partial charge in [-0.05, 0) is 13.0 Å². The fraction of sp³-hybridized carbons (Fsp3) is 0.133. The fourth-order valence-corrected chi connectivity index (χ4v) is 3.20. The van der Waals surface area contributed by atoms with E-state index in [-0.39, 0.29) is 22.6 Å². The third-order valence-corrected chi connectivity index (χ3v) is 4.08. The van der Waals surface area contributed by atoms with Gasteiger partial charge in [0.25, 0.3) is 0 Å². The summed E-state index contributed by atoms with van der Waals surface area (Å²) in [4.78, 5) is 16.3. The van der Waals surface area contributed by atoms with E-state index in [4.69, 9.17) is 4.52 Å². The van der Waals surface area contributed by atoms with E-state index in [9.17, 15) is 13.6 Å². The van der Waals surface area contributed by atoms with Crippen LogP contribution in [0.15, 0.2) is 40.4 Å². The highest BCUT2D eigenvalue weighted by Crippen LogP contribution is 2.22. The molecule has 23 heavy (non-hydrogen) atoms. The molecule has 0 fully saturated rings. The minimum atomic E-state index is -0.718. The van der Waals surface area contributed by atoms with E-state index in [0.29, 0.717) is 10.5 Å². The molecule has 0 aliphatic rings. The Bertz CT molecular complexity index is 984. The van der Waals surface area contributed by atoms with Gasteiger partial charge in [-0.15, -0.1) is 6.58 Å². The Morgan fingerprint density at radius 1 is 1.48 bits per heavy atom. The smallest absolute Gasteiger partial charge is 0.301 e. The number of fused-ring (bicyclic) bond motifs is 1. The number of aryl methyl sites for hydroxylation is 1. The number of hydrogen-bond acceptors (Lipinski definition) is 4. The summed E-state index contributed by atoms with van der Waals surface area (Å²) in [6.45, 7) is 5.49. The van der Waals surface area contributed by atoms with Crippen molar-refractivity contribution in [1.29, 1.82) is 0 Å². The standard InChI is InChI=1S/C15H11F2N3O2S/c1-3-4-20-13-10(17)6-9(16)7-12(13)23-15(20)18-14(21)11-5-8(2)22-19-11/h3,5-7H,1,4H2,2H3. The number of benzene rings is 1. The van der Waals surface area contributed by atoms with Gasteiger partial charge in [-0.3, -0.25) is 4.79 Å². The van der Waals surface area contributed by atoms with Crippen molar-refractivity contribution in [2.75, 3.05) is 0 Å². The van der Waals surface area contributed by atoms with Crippen LogP contribution in [-0.4, -0.2) is 15.6 Å². The Labute approximate surface area is 133 Å². The third kappa shape index (κ3) is 2.85. The number of aromatic nitrogens is 2. The minimum absolute atomic E-state index is 0.0526. The van der Waals surface area contributed by atoms with Crippen molar-refractivity contribution in [3.63, 3.8) is 0 Å². The maximum Gasteiger partial charge on any atom is 0.301 e. The summed E-state index contributed by atoms with van der Waals surface area (Å²) in [7, 11) is 0. The number of hydrogen-bond donors (Lipinski definition) is 0. The summed E-state index contributed by atoms with van der Waals surface area (Å²) >= 11 is 1.01. The number of thiazole rings is 1. The quantitative estimate of drug-likeness (QED) is 0.691. The molecular formula is C15H11F2N3O2S. The highest BCUT2D eigenvalue weighted by atomic mass is 32.1. The second-order valence-electron chi connectivity index (χ2n) is 4.76. The van der Waals surface area contributed by atoms with Crippen LogP contribution < -0.4 is 4.80 Å². The molecule has 3 rings (SSSR count). The molecule has 0 bridgehead atoms. The molecule has 8 heteroatoms. The number of rotatable bonds is 3. The zero-order chi connectivity index (χ0) is 16.6. The van der Waals surface area contributed by atoms with Crippen LogP contribution in [0.2, 0.25) is 0 Å².